The molecule has 0 fully saturated rings. The maximum atomic E-state index is 12.2. The summed E-state index contributed by atoms with van der Waals surface area (Å²) < 4.78 is 46.3. The van der Waals surface area contributed by atoms with E-state index in [9.17, 15) is 17.6 Å². The molecule has 0 heterocycles. The quantitative estimate of drug-likeness (QED) is 0.448. The van der Waals surface area contributed by atoms with Gasteiger partial charge in [-0.25, -0.2) is 4.39 Å². The van der Waals surface area contributed by atoms with Crippen LogP contribution in [0.4, 0.5) is 17.6 Å². The smallest absolute Gasteiger partial charge is 0.243 e. The molecule has 4 heteroatoms. The Kier molecular flexibility index (Phi) is 3.85. The lowest BCUT2D eigenvalue weighted by Gasteiger charge is -1.98. The molecule has 11 heavy (non-hydrogen) atoms. The third kappa shape index (κ3) is 7.09. The Hall–Kier alpha value is -0.800. The molecule has 0 bridgehead atoms. The summed E-state index contributed by atoms with van der Waals surface area (Å²) in [5.74, 6) is 0. The molecular weight excluding hydrogens is 160 g/mol. The van der Waals surface area contributed by atoms with Gasteiger partial charge in [-0.3, -0.25) is 0 Å². The highest BCUT2D eigenvalue weighted by atomic mass is 19.4. The number of rotatable bonds is 3. The van der Waals surface area contributed by atoms with Crippen molar-refractivity contribution in [2.45, 2.75) is 18.8 Å². The molecule has 0 aromatic carbocycles. The number of halogens is 4. The predicted octanol–water partition coefficient (Wildman–Crippen LogP) is 3.02. The van der Waals surface area contributed by atoms with Crippen LogP contribution in [0, 0.1) is 0 Å². The molecular formula is C7H8F4. The van der Waals surface area contributed by atoms with Crippen molar-refractivity contribution in [3.63, 3.8) is 0 Å². The van der Waals surface area contributed by atoms with E-state index < -0.39 is 12.3 Å². The zero-order valence-electron chi connectivity index (χ0n) is 5.74. The summed E-state index contributed by atoms with van der Waals surface area (Å²) in [6, 6.07) is 0. The normalized spacial score (nSPS) is 15.3. The third-order valence-corrected chi connectivity index (χ3v) is 0.924. The number of hydrogen-bond acceptors (Lipinski definition) is 0. The van der Waals surface area contributed by atoms with Gasteiger partial charge in [0.2, 0.25) is 0 Å². The summed E-state index contributed by atoms with van der Waals surface area (Å²) in [5, 5.41) is 0. The molecule has 0 aromatic heterocycles. The molecule has 0 spiro atoms. The van der Waals surface area contributed by atoms with Crippen LogP contribution < -0.4 is 0 Å². The SMILES string of the molecule is C=CC(F)C/C=C/C(F)(F)F. The Labute approximate surface area is 62.2 Å². The molecule has 0 aliphatic carbocycles. The van der Waals surface area contributed by atoms with Crippen LogP contribution in [-0.4, -0.2) is 12.3 Å². The minimum absolute atomic E-state index is 0.0169. The van der Waals surface area contributed by atoms with Crippen LogP contribution in [0.1, 0.15) is 6.42 Å². The number of alkyl halides is 4. The predicted molar refractivity (Wildman–Crippen MR) is 34.9 cm³/mol. The van der Waals surface area contributed by atoms with E-state index in [2.05, 4.69) is 6.58 Å². The largest absolute Gasteiger partial charge is 0.409 e. The first-order chi connectivity index (χ1) is 4.95. The average Bonchev–Trinajstić information content (AvgIpc) is 1.85. The van der Waals surface area contributed by atoms with Crippen LogP contribution in [-0.2, 0) is 0 Å². The molecule has 0 nitrogen and oxygen atoms in total. The van der Waals surface area contributed by atoms with Gasteiger partial charge in [-0.2, -0.15) is 13.2 Å². The van der Waals surface area contributed by atoms with Crippen LogP contribution in [0.3, 0.4) is 0 Å². The Morgan fingerprint density at radius 3 is 2.27 bits per heavy atom. The standard InChI is InChI=1S/C7H8F4/c1-2-6(8)4-3-5-7(9,10)11/h2-3,5-6H,1,4H2/b5-3+. The average molecular weight is 168 g/mol. The fraction of sp³-hybridized carbons (Fsp3) is 0.429. The van der Waals surface area contributed by atoms with Crippen molar-refractivity contribution >= 4 is 0 Å². The molecule has 0 aliphatic rings. The van der Waals surface area contributed by atoms with Gasteiger partial charge in [0.15, 0.2) is 0 Å². The molecule has 0 saturated carbocycles. The molecule has 1 unspecified atom stereocenters. The van der Waals surface area contributed by atoms with Crippen molar-refractivity contribution in [3.8, 4) is 0 Å². The van der Waals surface area contributed by atoms with E-state index in [1.165, 1.54) is 0 Å². The lowest BCUT2D eigenvalue weighted by molar-refractivity contribution is -0.0800. The van der Waals surface area contributed by atoms with E-state index in [0.29, 0.717) is 0 Å². The highest BCUT2D eigenvalue weighted by Gasteiger charge is 2.21. The Morgan fingerprint density at radius 2 is 1.91 bits per heavy atom. The van der Waals surface area contributed by atoms with Gasteiger partial charge >= 0.3 is 6.18 Å². The van der Waals surface area contributed by atoms with E-state index in [1.54, 1.807) is 0 Å². The maximum Gasteiger partial charge on any atom is 0.409 e. The summed E-state index contributed by atoms with van der Waals surface area (Å²) >= 11 is 0. The van der Waals surface area contributed by atoms with Crippen molar-refractivity contribution in [1.29, 1.82) is 0 Å². The molecule has 0 radical (unpaired) electrons. The second-order valence-corrected chi connectivity index (χ2v) is 1.93. The molecule has 1 atom stereocenters. The van der Waals surface area contributed by atoms with Gasteiger partial charge in [-0.1, -0.05) is 12.2 Å². The van der Waals surface area contributed by atoms with Gasteiger partial charge in [0.05, 0.1) is 0 Å². The fourth-order valence-corrected chi connectivity index (χ4v) is 0.428. The van der Waals surface area contributed by atoms with Crippen LogP contribution >= 0.6 is 0 Å². The highest BCUT2D eigenvalue weighted by Crippen LogP contribution is 2.16. The zero-order chi connectivity index (χ0) is 8.91. The van der Waals surface area contributed by atoms with Crippen LogP contribution in [0.2, 0.25) is 0 Å². The number of allylic oxidation sites excluding steroid dienone is 3. The van der Waals surface area contributed by atoms with Crippen molar-refractivity contribution in [3.05, 3.63) is 24.8 Å². The summed E-state index contributed by atoms with van der Waals surface area (Å²) in [5.41, 5.74) is 0. The molecule has 0 rings (SSSR count). The van der Waals surface area contributed by atoms with E-state index in [4.69, 9.17) is 0 Å². The van der Waals surface area contributed by atoms with Crippen molar-refractivity contribution in [2.24, 2.45) is 0 Å². The molecule has 0 saturated heterocycles. The van der Waals surface area contributed by atoms with Crippen molar-refractivity contribution in [1.82, 2.24) is 0 Å². The summed E-state index contributed by atoms with van der Waals surface area (Å²) in [7, 11) is 0. The van der Waals surface area contributed by atoms with Crippen LogP contribution in [0.5, 0.6) is 0 Å². The lowest BCUT2D eigenvalue weighted by atomic mass is 10.2. The molecule has 0 aliphatic heterocycles. The number of hydrogen-bond donors (Lipinski definition) is 0. The first kappa shape index (κ1) is 10.2. The zero-order valence-corrected chi connectivity index (χ0v) is 5.74. The van der Waals surface area contributed by atoms with Crippen molar-refractivity contribution in [2.75, 3.05) is 0 Å². The molecule has 64 valence electrons. The van der Waals surface area contributed by atoms with E-state index in [0.717, 1.165) is 12.2 Å². The second-order valence-electron chi connectivity index (χ2n) is 1.93. The van der Waals surface area contributed by atoms with Crippen LogP contribution in [0.15, 0.2) is 24.8 Å². The molecule has 0 aromatic rings. The lowest BCUT2D eigenvalue weighted by Crippen LogP contribution is -2.01. The first-order valence-corrected chi connectivity index (χ1v) is 2.97. The van der Waals surface area contributed by atoms with E-state index >= 15 is 0 Å². The van der Waals surface area contributed by atoms with E-state index in [-0.39, 0.29) is 12.5 Å². The molecule has 0 N–H and O–H groups in total. The van der Waals surface area contributed by atoms with Gasteiger partial charge in [-0.15, -0.1) is 6.58 Å². The van der Waals surface area contributed by atoms with Gasteiger partial charge in [0.1, 0.15) is 6.17 Å². The Balaban J connectivity index is 3.69. The summed E-state index contributed by atoms with van der Waals surface area (Å²) in [6.07, 6.45) is -4.30. The van der Waals surface area contributed by atoms with Gasteiger partial charge in [0.25, 0.3) is 0 Å². The van der Waals surface area contributed by atoms with Gasteiger partial charge < -0.3 is 0 Å². The Morgan fingerprint density at radius 1 is 1.36 bits per heavy atom. The Bertz CT molecular complexity index is 145. The minimum Gasteiger partial charge on any atom is -0.243 e. The maximum absolute atomic E-state index is 12.2. The minimum atomic E-state index is -4.35. The first-order valence-electron chi connectivity index (χ1n) is 2.97. The van der Waals surface area contributed by atoms with Gasteiger partial charge in [-0.05, 0) is 0 Å². The van der Waals surface area contributed by atoms with Crippen molar-refractivity contribution < 1.29 is 17.6 Å². The third-order valence-electron chi connectivity index (χ3n) is 0.924. The summed E-state index contributed by atoms with van der Waals surface area (Å²) in [4.78, 5) is 0. The second kappa shape index (κ2) is 4.16. The van der Waals surface area contributed by atoms with E-state index in [1.807, 2.05) is 0 Å². The fourth-order valence-electron chi connectivity index (χ4n) is 0.428. The van der Waals surface area contributed by atoms with Crippen LogP contribution in [0.25, 0.3) is 0 Å². The monoisotopic (exact) mass is 168 g/mol. The molecule has 0 amide bonds. The van der Waals surface area contributed by atoms with Gasteiger partial charge in [0, 0.05) is 12.5 Å². The highest BCUT2D eigenvalue weighted by molar-refractivity contribution is 4.93. The topological polar surface area (TPSA) is 0 Å². The summed E-state index contributed by atoms with van der Waals surface area (Å²) in [6.45, 7) is 3.09.